The van der Waals surface area contributed by atoms with Gasteiger partial charge in [-0.05, 0) is 52.9 Å². The van der Waals surface area contributed by atoms with E-state index in [-0.39, 0.29) is 43.1 Å². The fraction of sp³-hybridized carbons (Fsp3) is 0.269. The van der Waals surface area contributed by atoms with E-state index < -0.39 is 0 Å². The Morgan fingerprint density at radius 3 is 2.66 bits per heavy atom. The minimum atomic E-state index is -0.359. The van der Waals surface area contributed by atoms with Gasteiger partial charge >= 0.3 is 6.09 Å². The van der Waals surface area contributed by atoms with E-state index in [2.05, 4.69) is 5.32 Å². The fourth-order valence-corrected chi connectivity index (χ4v) is 4.92. The maximum Gasteiger partial charge on any atom is 0.410 e. The Hall–Kier alpha value is -3.38. The van der Waals surface area contributed by atoms with E-state index in [1.165, 1.54) is 12.1 Å². The van der Waals surface area contributed by atoms with Gasteiger partial charge in [-0.3, -0.25) is 0 Å². The van der Waals surface area contributed by atoms with Crippen molar-refractivity contribution in [3.63, 3.8) is 0 Å². The summed E-state index contributed by atoms with van der Waals surface area (Å²) in [4.78, 5) is 14.8. The molecule has 2 heterocycles. The molecule has 0 radical (unpaired) electrons. The molecule has 2 aliphatic rings. The lowest BCUT2D eigenvalue weighted by Gasteiger charge is -2.39. The van der Waals surface area contributed by atoms with Crippen LogP contribution in [-0.2, 0) is 11.3 Å². The summed E-state index contributed by atoms with van der Waals surface area (Å²) in [5.74, 6) is -0.219. The second-order valence-electron chi connectivity index (χ2n) is 8.38. The molecule has 3 aromatic carbocycles. The first kappa shape index (κ1) is 20.5. The molecule has 0 aromatic heterocycles. The van der Waals surface area contributed by atoms with Crippen LogP contribution in [0.25, 0.3) is 11.1 Å². The summed E-state index contributed by atoms with van der Waals surface area (Å²) in [5.41, 5.74) is 4.45. The van der Waals surface area contributed by atoms with Crippen molar-refractivity contribution in [2.24, 2.45) is 5.92 Å². The number of hydrogen-bond donors (Lipinski definition) is 2. The first-order valence-corrected chi connectivity index (χ1v) is 10.9. The van der Waals surface area contributed by atoms with Crippen LogP contribution in [0.2, 0.25) is 0 Å². The van der Waals surface area contributed by atoms with E-state index in [1.54, 1.807) is 11.0 Å². The van der Waals surface area contributed by atoms with E-state index in [4.69, 9.17) is 4.74 Å². The molecule has 5 nitrogen and oxygen atoms in total. The highest BCUT2D eigenvalue weighted by molar-refractivity contribution is 5.74. The van der Waals surface area contributed by atoms with Gasteiger partial charge in [0.15, 0.2) is 0 Å². The molecule has 1 fully saturated rings. The maximum atomic E-state index is 13.8. The lowest BCUT2D eigenvalue weighted by molar-refractivity contribution is 0.0845. The van der Waals surface area contributed by atoms with Crippen molar-refractivity contribution in [2.45, 2.75) is 25.1 Å². The number of fused-ring (bicyclic) bond motifs is 3. The monoisotopic (exact) mass is 432 g/mol. The molecule has 164 valence electrons. The van der Waals surface area contributed by atoms with E-state index in [0.717, 1.165) is 34.4 Å². The molecular weight excluding hydrogens is 407 g/mol. The second-order valence-corrected chi connectivity index (χ2v) is 8.38. The average molecular weight is 432 g/mol. The second kappa shape index (κ2) is 8.63. The highest BCUT2D eigenvalue weighted by atomic mass is 19.1. The summed E-state index contributed by atoms with van der Waals surface area (Å²) in [6.07, 6.45) is 0.412. The molecule has 5 rings (SSSR count). The van der Waals surface area contributed by atoms with E-state index in [0.29, 0.717) is 6.54 Å². The fourth-order valence-electron chi connectivity index (χ4n) is 4.92. The molecular formula is C26H25FN2O3. The van der Waals surface area contributed by atoms with Crippen molar-refractivity contribution in [1.82, 2.24) is 4.90 Å². The molecule has 6 heteroatoms. The van der Waals surface area contributed by atoms with Gasteiger partial charge in [0.05, 0.1) is 18.7 Å². The zero-order valence-corrected chi connectivity index (χ0v) is 17.6. The van der Waals surface area contributed by atoms with Crippen LogP contribution in [0.15, 0.2) is 72.8 Å². The normalized spacial score (nSPS) is 21.4. The summed E-state index contributed by atoms with van der Waals surface area (Å²) in [7, 11) is 0. The van der Waals surface area contributed by atoms with Crippen molar-refractivity contribution in [1.29, 1.82) is 0 Å². The Morgan fingerprint density at radius 1 is 1.06 bits per heavy atom. The number of carbonyl (C=O) groups is 1. The Labute approximate surface area is 186 Å². The number of halogens is 1. The van der Waals surface area contributed by atoms with E-state index >= 15 is 0 Å². The van der Waals surface area contributed by atoms with Crippen LogP contribution in [0.4, 0.5) is 14.9 Å². The Bertz CT molecular complexity index is 1120. The molecule has 3 atom stereocenters. The summed E-state index contributed by atoms with van der Waals surface area (Å²) >= 11 is 0. The van der Waals surface area contributed by atoms with Crippen LogP contribution in [0.1, 0.15) is 23.6 Å². The van der Waals surface area contributed by atoms with Crippen LogP contribution in [-0.4, -0.2) is 35.3 Å². The number of amides is 1. The number of hydrogen-bond acceptors (Lipinski definition) is 4. The van der Waals surface area contributed by atoms with Crippen LogP contribution in [0, 0.1) is 11.7 Å². The summed E-state index contributed by atoms with van der Waals surface area (Å²) in [6.45, 7) is 0.759. The molecule has 2 aliphatic heterocycles. The average Bonchev–Trinajstić information content (AvgIpc) is 3.28. The number of carbonyl (C=O) groups excluding carboxylic acids is 1. The topological polar surface area (TPSA) is 61.8 Å². The minimum absolute atomic E-state index is 0.0147. The number of aliphatic hydroxyl groups is 1. The molecule has 2 N–H and O–H groups in total. The number of anilines is 1. The van der Waals surface area contributed by atoms with Gasteiger partial charge in [-0.15, -0.1) is 0 Å². The number of benzene rings is 3. The quantitative estimate of drug-likeness (QED) is 0.611. The Kier molecular flexibility index (Phi) is 5.53. The predicted octanol–water partition coefficient (Wildman–Crippen LogP) is 4.98. The van der Waals surface area contributed by atoms with Crippen molar-refractivity contribution >= 4 is 11.8 Å². The highest BCUT2D eigenvalue weighted by Crippen LogP contribution is 2.47. The van der Waals surface area contributed by atoms with Gasteiger partial charge in [0.1, 0.15) is 12.4 Å². The molecule has 32 heavy (non-hydrogen) atoms. The van der Waals surface area contributed by atoms with Gasteiger partial charge in [-0.2, -0.15) is 0 Å². The van der Waals surface area contributed by atoms with Gasteiger partial charge in [0.2, 0.25) is 0 Å². The van der Waals surface area contributed by atoms with Crippen molar-refractivity contribution in [3.05, 3.63) is 89.7 Å². The number of likely N-dealkylation sites (tertiary alicyclic amines) is 1. The number of ether oxygens (including phenoxy) is 1. The predicted molar refractivity (Wildman–Crippen MR) is 121 cm³/mol. The molecule has 1 saturated heterocycles. The third kappa shape index (κ3) is 3.82. The van der Waals surface area contributed by atoms with Gasteiger partial charge in [0, 0.05) is 18.2 Å². The largest absolute Gasteiger partial charge is 0.445 e. The number of aliphatic hydroxyl groups excluding tert-OH is 1. The molecule has 0 unspecified atom stereocenters. The van der Waals surface area contributed by atoms with Crippen LogP contribution >= 0.6 is 0 Å². The molecule has 0 spiro atoms. The Balaban J connectivity index is 1.45. The van der Waals surface area contributed by atoms with Crippen LogP contribution in [0.5, 0.6) is 0 Å². The number of rotatable bonds is 4. The molecule has 0 aliphatic carbocycles. The standard InChI is InChI=1S/C26H25FN2O3/c27-20-8-4-7-18(13-20)19-9-10-23-22(14-19)25-21(24(15-30)28-23)11-12-29(25)26(31)32-16-17-5-2-1-3-6-17/h1-10,13-14,21,24-25,28,30H,11-12,15-16H2/t21-,24-,25-/m0/s1. The SMILES string of the molecule is O=C(OCc1ccccc1)N1CC[C@H]2[C@H](CO)Nc3ccc(-c4cccc(F)c4)cc3[C@H]21. The van der Waals surface area contributed by atoms with Crippen molar-refractivity contribution in [3.8, 4) is 11.1 Å². The van der Waals surface area contributed by atoms with Gasteiger partial charge in [-0.1, -0.05) is 48.5 Å². The third-order valence-corrected chi connectivity index (χ3v) is 6.47. The lowest BCUT2D eigenvalue weighted by Crippen LogP contribution is -2.43. The summed E-state index contributed by atoms with van der Waals surface area (Å²) in [6, 6.07) is 21.6. The molecule has 0 bridgehead atoms. The molecule has 0 saturated carbocycles. The first-order valence-electron chi connectivity index (χ1n) is 10.9. The smallest absolute Gasteiger partial charge is 0.410 e. The maximum absolute atomic E-state index is 13.8. The van der Waals surface area contributed by atoms with Crippen LogP contribution in [0.3, 0.4) is 0 Å². The molecule has 3 aromatic rings. The highest BCUT2D eigenvalue weighted by Gasteiger charge is 2.46. The molecule has 1 amide bonds. The summed E-state index contributed by atoms with van der Waals surface area (Å²) < 4.78 is 19.4. The van der Waals surface area contributed by atoms with Gasteiger partial charge < -0.3 is 20.1 Å². The minimum Gasteiger partial charge on any atom is -0.445 e. The third-order valence-electron chi connectivity index (χ3n) is 6.47. The lowest BCUT2D eigenvalue weighted by atomic mass is 9.82. The van der Waals surface area contributed by atoms with Crippen molar-refractivity contribution < 1.29 is 19.0 Å². The van der Waals surface area contributed by atoms with E-state index in [9.17, 15) is 14.3 Å². The van der Waals surface area contributed by atoms with E-state index in [1.807, 2.05) is 54.6 Å². The van der Waals surface area contributed by atoms with Gasteiger partial charge in [-0.25, -0.2) is 9.18 Å². The summed E-state index contributed by atoms with van der Waals surface area (Å²) in [5, 5.41) is 13.4. The number of nitrogens with one attached hydrogen (secondary N) is 1. The van der Waals surface area contributed by atoms with Crippen molar-refractivity contribution in [2.75, 3.05) is 18.5 Å². The zero-order valence-electron chi connectivity index (χ0n) is 17.6. The Morgan fingerprint density at radius 2 is 1.88 bits per heavy atom. The zero-order chi connectivity index (χ0) is 22.1. The first-order chi connectivity index (χ1) is 15.6. The number of nitrogens with zero attached hydrogens (tertiary/aromatic N) is 1. The van der Waals surface area contributed by atoms with Crippen LogP contribution < -0.4 is 5.32 Å². The van der Waals surface area contributed by atoms with Gasteiger partial charge in [0.25, 0.3) is 0 Å².